The van der Waals surface area contributed by atoms with E-state index < -0.39 is 63.6 Å². The predicted molar refractivity (Wildman–Crippen MR) is 99.5 cm³/mol. The van der Waals surface area contributed by atoms with Gasteiger partial charge in [0, 0.05) is 6.42 Å². The average molecular weight is 544 g/mol. The number of carbonyl (C=O) groups excluding carboxylic acids is 2. The van der Waals surface area contributed by atoms with Gasteiger partial charge in [0.2, 0.25) is 0 Å². The third-order valence-corrected chi connectivity index (χ3v) is 7.95. The highest BCUT2D eigenvalue weighted by Crippen LogP contribution is 2.61. The van der Waals surface area contributed by atoms with Crippen molar-refractivity contribution in [2.45, 2.75) is 68.1 Å². The molecule has 0 heterocycles. The Hall–Kier alpha value is -1.68. The molecule has 4 fully saturated rings. The smallest absolute Gasteiger partial charge is 0.464 e. The zero-order valence-electron chi connectivity index (χ0n) is 18.2. The van der Waals surface area contributed by atoms with Gasteiger partial charge in [-0.3, -0.25) is 9.35 Å². The van der Waals surface area contributed by atoms with E-state index in [4.69, 9.17) is 4.55 Å². The molecule has 0 radical (unpaired) electrons. The van der Waals surface area contributed by atoms with Gasteiger partial charge in [-0.25, -0.2) is 4.79 Å². The van der Waals surface area contributed by atoms with Crippen LogP contribution in [-0.2, 0) is 33.9 Å². The number of esters is 2. The summed E-state index contributed by atoms with van der Waals surface area (Å²) in [6.45, 7) is -2.03. The SMILES string of the molecule is COC(=O)C(OCCC(F)(F)C(F)(F)S(=O)(=O)O)(OC(=O)C12CC3CC(CC(C3)C1)C2)C(F)(F)F. The first-order valence-electron chi connectivity index (χ1n) is 10.6. The summed E-state index contributed by atoms with van der Waals surface area (Å²) in [6, 6.07) is 0. The summed E-state index contributed by atoms with van der Waals surface area (Å²) in [5, 5.41) is -6.08. The van der Waals surface area contributed by atoms with E-state index in [0.29, 0.717) is 7.11 Å². The van der Waals surface area contributed by atoms with Crippen LogP contribution < -0.4 is 0 Å². The highest BCUT2D eigenvalue weighted by atomic mass is 32.2. The van der Waals surface area contributed by atoms with Crippen LogP contribution >= 0.6 is 0 Å². The predicted octanol–water partition coefficient (Wildman–Crippen LogP) is 3.70. The van der Waals surface area contributed by atoms with E-state index in [-0.39, 0.29) is 37.0 Å². The van der Waals surface area contributed by atoms with Gasteiger partial charge in [-0.2, -0.15) is 39.2 Å². The molecule has 1 unspecified atom stereocenters. The monoisotopic (exact) mass is 544 g/mol. The summed E-state index contributed by atoms with van der Waals surface area (Å²) in [7, 11) is -6.19. The molecular weight excluding hydrogens is 521 g/mol. The second-order valence-electron chi connectivity index (χ2n) is 9.49. The summed E-state index contributed by atoms with van der Waals surface area (Å²) in [5.74, 6) is -13.8. The molecule has 35 heavy (non-hydrogen) atoms. The standard InChI is InChI=1S/C19H23F7O8S/c1-32-14(28)17(18(22,23)24,33-3-2-16(20,21)19(25,26)35(29,30)31)34-13(27)15-7-10-4-11(8-15)6-12(5-10)9-15/h10-12H,2-9H2,1H3,(H,29,30,31). The van der Waals surface area contributed by atoms with Crippen LogP contribution in [0.4, 0.5) is 30.7 Å². The van der Waals surface area contributed by atoms with Crippen molar-refractivity contribution in [3.05, 3.63) is 0 Å². The van der Waals surface area contributed by atoms with Crippen molar-refractivity contribution in [3.8, 4) is 0 Å². The molecule has 16 heteroatoms. The number of rotatable bonds is 9. The van der Waals surface area contributed by atoms with Crippen molar-refractivity contribution in [3.63, 3.8) is 0 Å². The van der Waals surface area contributed by atoms with Crippen molar-refractivity contribution in [2.75, 3.05) is 13.7 Å². The van der Waals surface area contributed by atoms with Crippen molar-refractivity contribution >= 4 is 22.1 Å². The fourth-order valence-electron chi connectivity index (χ4n) is 5.78. The minimum absolute atomic E-state index is 0.0643. The van der Waals surface area contributed by atoms with E-state index in [1.54, 1.807) is 0 Å². The Kier molecular flexibility index (Phi) is 6.95. The first kappa shape index (κ1) is 27.9. The summed E-state index contributed by atoms with van der Waals surface area (Å²) < 4.78 is 139. The van der Waals surface area contributed by atoms with Crippen LogP contribution in [-0.4, -0.2) is 61.8 Å². The number of halogens is 7. The second-order valence-corrected chi connectivity index (χ2v) is 11.0. The molecule has 0 aromatic rings. The summed E-state index contributed by atoms with van der Waals surface area (Å²) in [4.78, 5) is 25.2. The van der Waals surface area contributed by atoms with Crippen LogP contribution in [0.3, 0.4) is 0 Å². The summed E-state index contributed by atoms with van der Waals surface area (Å²) in [6.07, 6.45) is -5.31. The lowest BCUT2D eigenvalue weighted by molar-refractivity contribution is -0.360. The maximum absolute atomic E-state index is 14.0. The molecule has 4 saturated carbocycles. The van der Waals surface area contributed by atoms with Gasteiger partial charge in [0.15, 0.2) is 0 Å². The van der Waals surface area contributed by atoms with Gasteiger partial charge < -0.3 is 14.2 Å². The lowest BCUT2D eigenvalue weighted by atomic mass is 9.49. The van der Waals surface area contributed by atoms with Crippen molar-refractivity contribution in [1.82, 2.24) is 0 Å². The van der Waals surface area contributed by atoms with Crippen molar-refractivity contribution in [2.24, 2.45) is 23.2 Å². The van der Waals surface area contributed by atoms with E-state index in [2.05, 4.69) is 14.2 Å². The maximum Gasteiger partial charge on any atom is 0.468 e. The molecule has 0 aromatic heterocycles. The number of hydrogen-bond acceptors (Lipinski definition) is 7. The fourth-order valence-corrected chi connectivity index (χ4v) is 6.26. The molecule has 4 bridgehead atoms. The van der Waals surface area contributed by atoms with E-state index in [1.807, 2.05) is 0 Å². The van der Waals surface area contributed by atoms with Crippen LogP contribution in [0, 0.1) is 23.2 Å². The highest BCUT2D eigenvalue weighted by molar-refractivity contribution is 7.87. The Labute approximate surface area is 195 Å². The molecule has 4 aliphatic carbocycles. The van der Waals surface area contributed by atoms with Crippen LogP contribution in [0.1, 0.15) is 44.9 Å². The number of methoxy groups -OCH3 is 1. The quantitative estimate of drug-likeness (QED) is 0.202. The largest absolute Gasteiger partial charge is 0.468 e. The van der Waals surface area contributed by atoms with Gasteiger partial charge in [0.25, 0.3) is 0 Å². The van der Waals surface area contributed by atoms with E-state index >= 15 is 0 Å². The molecule has 0 spiro atoms. The zero-order valence-corrected chi connectivity index (χ0v) is 19.1. The third-order valence-electron chi connectivity index (χ3n) is 7.01. The van der Waals surface area contributed by atoms with E-state index in [9.17, 15) is 48.7 Å². The molecule has 0 aliphatic heterocycles. The molecule has 4 aliphatic rings. The van der Waals surface area contributed by atoms with Gasteiger partial charge in [0.05, 0.1) is 19.1 Å². The maximum atomic E-state index is 14.0. The molecule has 0 saturated heterocycles. The summed E-state index contributed by atoms with van der Waals surface area (Å²) in [5.41, 5.74) is -1.36. The lowest BCUT2D eigenvalue weighted by Gasteiger charge is -2.55. The zero-order chi connectivity index (χ0) is 26.7. The first-order chi connectivity index (χ1) is 15.8. The Bertz CT molecular complexity index is 929. The fraction of sp³-hybridized carbons (Fsp3) is 0.895. The van der Waals surface area contributed by atoms with E-state index in [1.165, 1.54) is 0 Å². The second kappa shape index (κ2) is 8.71. The van der Waals surface area contributed by atoms with Crippen molar-refractivity contribution in [1.29, 1.82) is 0 Å². The van der Waals surface area contributed by atoms with Gasteiger partial charge in [-0.15, -0.1) is 0 Å². The minimum atomic E-state index is -6.66. The summed E-state index contributed by atoms with van der Waals surface area (Å²) >= 11 is 0. The molecule has 8 nitrogen and oxygen atoms in total. The van der Waals surface area contributed by atoms with E-state index in [0.717, 1.165) is 19.3 Å². The molecule has 0 aromatic carbocycles. The highest BCUT2D eigenvalue weighted by Gasteiger charge is 2.70. The molecule has 1 atom stereocenters. The van der Waals surface area contributed by atoms with Crippen LogP contribution in [0.15, 0.2) is 0 Å². The average Bonchev–Trinajstić information content (AvgIpc) is 2.69. The Morgan fingerprint density at radius 2 is 1.40 bits per heavy atom. The third kappa shape index (κ3) is 4.72. The normalized spacial score (nSPS) is 30.6. The number of hydrogen-bond donors (Lipinski definition) is 1. The number of carbonyl (C=O) groups is 2. The van der Waals surface area contributed by atoms with Crippen LogP contribution in [0.5, 0.6) is 0 Å². The van der Waals surface area contributed by atoms with Gasteiger partial charge in [-0.05, 0) is 56.3 Å². The Balaban J connectivity index is 1.86. The van der Waals surface area contributed by atoms with Crippen molar-refractivity contribution < 1.29 is 67.5 Å². The molecule has 1 N–H and O–H groups in total. The topological polar surface area (TPSA) is 116 Å². The minimum Gasteiger partial charge on any atom is -0.464 e. The Morgan fingerprint density at radius 1 is 0.943 bits per heavy atom. The van der Waals surface area contributed by atoms with Crippen LogP contribution in [0.25, 0.3) is 0 Å². The lowest BCUT2D eigenvalue weighted by Crippen LogP contribution is -2.61. The number of ether oxygens (including phenoxy) is 3. The number of alkyl halides is 7. The Morgan fingerprint density at radius 3 is 1.77 bits per heavy atom. The molecular formula is C19H23F7O8S. The molecule has 0 amide bonds. The van der Waals surface area contributed by atoms with Gasteiger partial charge >= 0.3 is 45.2 Å². The first-order valence-corrected chi connectivity index (χ1v) is 12.0. The van der Waals surface area contributed by atoms with Crippen LogP contribution in [0.2, 0.25) is 0 Å². The van der Waals surface area contributed by atoms with Gasteiger partial charge in [0.1, 0.15) is 0 Å². The van der Waals surface area contributed by atoms with Gasteiger partial charge in [-0.1, -0.05) is 0 Å². The molecule has 202 valence electrons. The molecule has 4 rings (SSSR count).